The van der Waals surface area contributed by atoms with Crippen molar-refractivity contribution in [3.05, 3.63) is 179 Å². The minimum Gasteiger partial charge on any atom is -0.341 e. The summed E-state index contributed by atoms with van der Waals surface area (Å²) in [4.78, 5) is 0. The van der Waals surface area contributed by atoms with Crippen molar-refractivity contribution in [1.29, 1.82) is 0 Å². The zero-order valence-corrected chi connectivity index (χ0v) is 32.8. The number of nitrogens with zero attached hydrogens (tertiary/aromatic N) is 3. The highest BCUT2D eigenvalue weighted by molar-refractivity contribution is 6.10. The van der Waals surface area contributed by atoms with Crippen molar-refractivity contribution in [2.45, 2.75) is 40.4 Å². The second-order valence-electron chi connectivity index (χ2n) is 15.0. The first kappa shape index (κ1) is 34.6. The molecule has 0 aliphatic carbocycles. The second-order valence-corrected chi connectivity index (χ2v) is 15.0. The molecule has 0 radical (unpaired) electrons. The molecule has 7 aromatic carbocycles. The summed E-state index contributed by atoms with van der Waals surface area (Å²) in [5.74, 6) is 0. The molecule has 0 atom stereocenters. The molecule has 10 aromatic rings. The first-order valence-corrected chi connectivity index (χ1v) is 20.3. The Morgan fingerprint density at radius 3 is 1.04 bits per heavy atom. The highest BCUT2D eigenvalue weighted by Crippen LogP contribution is 2.33. The third-order valence-corrected chi connectivity index (χ3v) is 11.7. The van der Waals surface area contributed by atoms with Gasteiger partial charge in [-0.25, -0.2) is 0 Å². The fraction of sp³-hybridized carbons (Fsp3) is 0.111. The lowest BCUT2D eigenvalue weighted by molar-refractivity contribution is 0.827. The van der Waals surface area contributed by atoms with Gasteiger partial charge in [-0.1, -0.05) is 115 Å². The van der Waals surface area contributed by atoms with Crippen LogP contribution < -0.4 is 0 Å². The van der Waals surface area contributed by atoms with Crippen LogP contribution in [0, 0.1) is 0 Å². The molecule has 0 spiro atoms. The molecule has 57 heavy (non-hydrogen) atoms. The maximum atomic E-state index is 2.42. The Kier molecular flexibility index (Phi) is 8.72. The van der Waals surface area contributed by atoms with E-state index in [2.05, 4.69) is 217 Å². The van der Waals surface area contributed by atoms with E-state index in [1.807, 2.05) is 0 Å². The lowest BCUT2D eigenvalue weighted by Crippen LogP contribution is -1.92. The van der Waals surface area contributed by atoms with E-state index in [-0.39, 0.29) is 0 Å². The summed E-state index contributed by atoms with van der Waals surface area (Å²) < 4.78 is 7.24. The predicted molar refractivity (Wildman–Crippen MR) is 249 cm³/mol. The first-order chi connectivity index (χ1) is 28.1. The minimum atomic E-state index is 0.933. The average molecular weight is 736 g/mol. The van der Waals surface area contributed by atoms with Crippen LogP contribution in [0.2, 0.25) is 0 Å². The summed E-state index contributed by atoms with van der Waals surface area (Å²) in [6.07, 6.45) is 13.5. The van der Waals surface area contributed by atoms with Gasteiger partial charge in [0.25, 0.3) is 0 Å². The van der Waals surface area contributed by atoms with Crippen LogP contribution in [0.1, 0.15) is 54.2 Å². The van der Waals surface area contributed by atoms with Crippen molar-refractivity contribution >= 4 is 102 Å². The van der Waals surface area contributed by atoms with Crippen LogP contribution >= 0.6 is 0 Å². The second kappa shape index (κ2) is 14.3. The molecule has 0 N–H and O–H groups in total. The van der Waals surface area contributed by atoms with Crippen molar-refractivity contribution < 1.29 is 0 Å². The molecule has 0 unspecified atom stereocenters. The van der Waals surface area contributed by atoms with Crippen LogP contribution in [-0.2, 0) is 19.6 Å². The number of fused-ring (bicyclic) bond motifs is 9. The number of hydrogen-bond donors (Lipinski definition) is 0. The Hall–Kier alpha value is -6.84. The first-order valence-electron chi connectivity index (χ1n) is 20.3. The van der Waals surface area contributed by atoms with E-state index < -0.39 is 0 Å². The Labute approximate surface area is 333 Å². The molecule has 0 saturated carbocycles. The van der Waals surface area contributed by atoms with Gasteiger partial charge in [-0.15, -0.1) is 0 Å². The van der Waals surface area contributed by atoms with Crippen molar-refractivity contribution in [1.82, 2.24) is 13.7 Å². The van der Waals surface area contributed by atoms with E-state index in [1.165, 1.54) is 82.1 Å². The molecule has 0 aliphatic rings. The van der Waals surface area contributed by atoms with Gasteiger partial charge in [0.15, 0.2) is 0 Å². The molecular weight excluding hydrogens is 691 g/mol. The summed E-state index contributed by atoms with van der Waals surface area (Å²) in [6.45, 7) is 9.50. The van der Waals surface area contributed by atoms with E-state index in [4.69, 9.17) is 0 Å². The zero-order valence-electron chi connectivity index (χ0n) is 32.8. The fourth-order valence-electron chi connectivity index (χ4n) is 9.11. The quantitative estimate of drug-likeness (QED) is 0.131. The maximum Gasteiger partial charge on any atom is 0.0497 e. The van der Waals surface area contributed by atoms with Gasteiger partial charge in [0.05, 0.1) is 0 Å². The number of hydrogen-bond acceptors (Lipinski definition) is 0. The molecule has 10 rings (SSSR count). The molecule has 0 amide bonds. The normalized spacial score (nSPS) is 12.5. The van der Waals surface area contributed by atoms with Crippen LogP contribution in [0.15, 0.2) is 146 Å². The smallest absolute Gasteiger partial charge is 0.0497 e. The number of rotatable bonds is 9. The van der Waals surface area contributed by atoms with E-state index in [0.717, 1.165) is 36.3 Å². The van der Waals surface area contributed by atoms with Crippen molar-refractivity contribution in [3.63, 3.8) is 0 Å². The van der Waals surface area contributed by atoms with Gasteiger partial charge in [-0.3, -0.25) is 0 Å². The van der Waals surface area contributed by atoms with Crippen LogP contribution in [0.25, 0.3) is 102 Å². The number of aromatic nitrogens is 3. The Bertz CT molecular complexity index is 3100. The highest BCUT2D eigenvalue weighted by atomic mass is 15.0. The van der Waals surface area contributed by atoms with Gasteiger partial charge in [0.1, 0.15) is 0 Å². The van der Waals surface area contributed by atoms with Crippen LogP contribution in [0.5, 0.6) is 0 Å². The van der Waals surface area contributed by atoms with E-state index in [1.54, 1.807) is 0 Å². The molecule has 0 saturated heterocycles. The summed E-state index contributed by atoms with van der Waals surface area (Å²) >= 11 is 0. The lowest BCUT2D eigenvalue weighted by Gasteiger charge is -2.05. The van der Waals surface area contributed by atoms with Crippen molar-refractivity contribution in [2.24, 2.45) is 0 Å². The molecule has 3 aromatic heterocycles. The molecule has 0 aliphatic heterocycles. The standard InChI is InChI=1S/C54H45N3/c1-4-55-50-17-11-8-14-44(50)47-34-37(26-29-52(47)55)19-22-40-31-41(23-20-38-27-30-53-48(35-38)45-15-9-12-18-51(45)56(53)5-2)33-42(32-40)24-21-39-25-28-46-43-13-7-10-16-49(43)57(6-3)54(46)36-39/h7-36H,4-6H2,1-3H3. The van der Waals surface area contributed by atoms with Gasteiger partial charge < -0.3 is 13.7 Å². The Morgan fingerprint density at radius 2 is 0.596 bits per heavy atom. The molecule has 3 heterocycles. The Morgan fingerprint density at radius 1 is 0.281 bits per heavy atom. The number of para-hydroxylation sites is 3. The van der Waals surface area contributed by atoms with Crippen LogP contribution in [-0.4, -0.2) is 13.7 Å². The number of aryl methyl sites for hydroxylation is 3. The average Bonchev–Trinajstić information content (AvgIpc) is 3.88. The van der Waals surface area contributed by atoms with Crippen molar-refractivity contribution in [3.8, 4) is 0 Å². The monoisotopic (exact) mass is 735 g/mol. The minimum absolute atomic E-state index is 0.933. The molecule has 3 nitrogen and oxygen atoms in total. The van der Waals surface area contributed by atoms with Gasteiger partial charge in [0, 0.05) is 85.1 Å². The summed E-state index contributed by atoms with van der Waals surface area (Å²) in [5.41, 5.74) is 14.8. The Balaban J connectivity index is 1.03. The van der Waals surface area contributed by atoms with Gasteiger partial charge in [-0.05, 0) is 121 Å². The van der Waals surface area contributed by atoms with E-state index in [0.29, 0.717) is 0 Å². The fourth-order valence-corrected chi connectivity index (χ4v) is 9.11. The highest BCUT2D eigenvalue weighted by Gasteiger charge is 2.12. The topological polar surface area (TPSA) is 14.8 Å². The lowest BCUT2D eigenvalue weighted by atomic mass is 10.0. The molecule has 0 fully saturated rings. The summed E-state index contributed by atoms with van der Waals surface area (Å²) in [5, 5.41) is 7.82. The van der Waals surface area contributed by atoms with Crippen LogP contribution in [0.4, 0.5) is 0 Å². The van der Waals surface area contributed by atoms with E-state index in [9.17, 15) is 0 Å². The van der Waals surface area contributed by atoms with Gasteiger partial charge in [-0.2, -0.15) is 0 Å². The zero-order chi connectivity index (χ0) is 38.5. The molecule has 3 heteroatoms. The largest absolute Gasteiger partial charge is 0.341 e. The van der Waals surface area contributed by atoms with Crippen LogP contribution in [0.3, 0.4) is 0 Å². The maximum absolute atomic E-state index is 2.42. The van der Waals surface area contributed by atoms with Gasteiger partial charge >= 0.3 is 0 Å². The predicted octanol–water partition coefficient (Wildman–Crippen LogP) is 14.6. The molecular formula is C54H45N3. The third-order valence-electron chi connectivity index (χ3n) is 11.7. The SMILES string of the molecule is CCn1c2ccccc2c2cc(C=Cc3cc(C=Cc4ccc5c(c4)c4ccccc4n5CC)cc(C=Cc4ccc5c6ccccc6n(CC)c5c4)c3)ccc21. The number of benzene rings is 7. The third kappa shape index (κ3) is 6.07. The van der Waals surface area contributed by atoms with Gasteiger partial charge in [0.2, 0.25) is 0 Å². The van der Waals surface area contributed by atoms with E-state index >= 15 is 0 Å². The molecule has 0 bridgehead atoms. The molecule has 276 valence electrons. The summed E-state index contributed by atoms with van der Waals surface area (Å²) in [7, 11) is 0. The van der Waals surface area contributed by atoms with Crippen molar-refractivity contribution in [2.75, 3.05) is 0 Å². The summed E-state index contributed by atoms with van der Waals surface area (Å²) in [6, 6.07) is 53.6.